The smallest absolute Gasteiger partial charge is 0.223 e. The van der Waals surface area contributed by atoms with Gasteiger partial charge in [0.2, 0.25) is 5.91 Å². The average Bonchev–Trinajstić information content (AvgIpc) is 3.27. The number of nitrogens with one attached hydrogen (secondary N) is 1. The monoisotopic (exact) mass is 338 g/mol. The first kappa shape index (κ1) is 15.1. The normalized spacial score (nSPS) is 17.2. The molecule has 4 nitrogen and oxygen atoms in total. The van der Waals surface area contributed by atoms with Gasteiger partial charge in [0.1, 0.15) is 5.76 Å². The molecule has 0 fully saturated rings. The van der Waals surface area contributed by atoms with Crippen molar-refractivity contribution in [2.24, 2.45) is 5.92 Å². The third-order valence-electron chi connectivity index (χ3n) is 4.24. The van der Waals surface area contributed by atoms with Gasteiger partial charge in [0.15, 0.2) is 10.8 Å². The molecule has 0 radical (unpaired) electrons. The summed E-state index contributed by atoms with van der Waals surface area (Å²) in [7, 11) is 0. The number of nitrogens with zero attached hydrogens (tertiary/aromatic N) is 1. The van der Waals surface area contributed by atoms with Crippen LogP contribution in [0.3, 0.4) is 0 Å². The lowest BCUT2D eigenvalue weighted by molar-refractivity contribution is -0.125. The molecule has 1 amide bonds. The molecule has 1 atom stereocenters. The second-order valence-corrected chi connectivity index (χ2v) is 6.98. The van der Waals surface area contributed by atoms with Crippen molar-refractivity contribution >= 4 is 27.5 Å². The summed E-state index contributed by atoms with van der Waals surface area (Å²) in [6.07, 6.45) is 6.98. The molecule has 0 bridgehead atoms. The largest absolute Gasteiger partial charge is 0.457 e. The van der Waals surface area contributed by atoms with Crippen molar-refractivity contribution in [1.82, 2.24) is 10.3 Å². The maximum absolute atomic E-state index is 12.2. The van der Waals surface area contributed by atoms with Crippen LogP contribution in [-0.2, 0) is 11.3 Å². The highest BCUT2D eigenvalue weighted by Crippen LogP contribution is 2.31. The van der Waals surface area contributed by atoms with Gasteiger partial charge >= 0.3 is 0 Å². The molecule has 1 N–H and O–H groups in total. The van der Waals surface area contributed by atoms with Crippen molar-refractivity contribution in [2.45, 2.75) is 25.8 Å². The molecule has 1 aliphatic rings. The van der Waals surface area contributed by atoms with E-state index in [1.165, 1.54) is 0 Å². The molecule has 4 rings (SSSR count). The zero-order chi connectivity index (χ0) is 16.4. The minimum atomic E-state index is 0.0914. The highest BCUT2D eigenvalue weighted by atomic mass is 32.1. The van der Waals surface area contributed by atoms with Crippen molar-refractivity contribution < 1.29 is 9.21 Å². The van der Waals surface area contributed by atoms with Gasteiger partial charge in [0.25, 0.3) is 0 Å². The summed E-state index contributed by atoms with van der Waals surface area (Å²) in [5.74, 6) is 1.70. The van der Waals surface area contributed by atoms with E-state index in [-0.39, 0.29) is 11.8 Å². The molecule has 5 heteroatoms. The van der Waals surface area contributed by atoms with Crippen molar-refractivity contribution in [3.8, 4) is 10.8 Å². The Morgan fingerprint density at radius 1 is 1.25 bits per heavy atom. The molecule has 24 heavy (non-hydrogen) atoms. The molecule has 0 saturated carbocycles. The number of para-hydroxylation sites is 1. The van der Waals surface area contributed by atoms with Crippen LogP contribution in [0.25, 0.3) is 21.0 Å². The maximum Gasteiger partial charge on any atom is 0.223 e. The van der Waals surface area contributed by atoms with Crippen LogP contribution in [0.4, 0.5) is 0 Å². The number of hydrogen-bond donors (Lipinski definition) is 1. The minimum absolute atomic E-state index is 0.0914. The van der Waals surface area contributed by atoms with E-state index >= 15 is 0 Å². The lowest BCUT2D eigenvalue weighted by atomic mass is 9.94. The van der Waals surface area contributed by atoms with Crippen LogP contribution in [0, 0.1) is 5.92 Å². The molecule has 1 aliphatic carbocycles. The number of allylic oxidation sites excluding steroid dienone is 2. The zero-order valence-electron chi connectivity index (χ0n) is 13.2. The van der Waals surface area contributed by atoms with Crippen LogP contribution in [0.5, 0.6) is 0 Å². The molecule has 2 aromatic heterocycles. The van der Waals surface area contributed by atoms with Crippen LogP contribution in [0.2, 0.25) is 0 Å². The quantitative estimate of drug-likeness (QED) is 0.711. The van der Waals surface area contributed by atoms with Gasteiger partial charge in [0, 0.05) is 5.92 Å². The Hall–Kier alpha value is -2.40. The maximum atomic E-state index is 12.2. The Labute approximate surface area is 144 Å². The number of amides is 1. The summed E-state index contributed by atoms with van der Waals surface area (Å²) >= 11 is 1.61. The highest BCUT2D eigenvalue weighted by molar-refractivity contribution is 7.21. The van der Waals surface area contributed by atoms with E-state index in [1.807, 2.05) is 30.3 Å². The van der Waals surface area contributed by atoms with Crippen molar-refractivity contribution in [3.63, 3.8) is 0 Å². The number of rotatable bonds is 4. The summed E-state index contributed by atoms with van der Waals surface area (Å²) < 4.78 is 7.00. The average molecular weight is 338 g/mol. The van der Waals surface area contributed by atoms with Crippen molar-refractivity contribution in [3.05, 3.63) is 54.3 Å². The first-order chi connectivity index (χ1) is 11.8. The standard InChI is InChI=1S/C19H18N2O2S/c22-18(13-6-2-1-3-7-13)20-12-14-10-11-16(23-14)19-21-15-8-4-5-9-17(15)24-19/h1-2,4-5,8-11,13H,3,6-7,12H2,(H,20,22). The summed E-state index contributed by atoms with van der Waals surface area (Å²) in [4.78, 5) is 16.8. The SMILES string of the molecule is O=C(NCc1ccc(-c2nc3ccccc3s2)o1)C1CC=CCC1. The number of thiazole rings is 1. The van der Waals surface area contributed by atoms with E-state index < -0.39 is 0 Å². The van der Waals surface area contributed by atoms with Gasteiger partial charge in [-0.05, 0) is 43.5 Å². The van der Waals surface area contributed by atoms with Gasteiger partial charge in [-0.15, -0.1) is 11.3 Å². The topological polar surface area (TPSA) is 55.1 Å². The fraction of sp³-hybridized carbons (Fsp3) is 0.263. The first-order valence-electron chi connectivity index (χ1n) is 8.17. The number of aromatic nitrogens is 1. The zero-order valence-corrected chi connectivity index (χ0v) is 14.0. The third-order valence-corrected chi connectivity index (χ3v) is 5.29. The Bertz CT molecular complexity index is 861. The predicted molar refractivity (Wildman–Crippen MR) is 95.6 cm³/mol. The molecule has 2 heterocycles. The van der Waals surface area contributed by atoms with Crippen LogP contribution < -0.4 is 5.32 Å². The molecule has 1 aromatic carbocycles. The van der Waals surface area contributed by atoms with Crippen LogP contribution >= 0.6 is 11.3 Å². The number of fused-ring (bicyclic) bond motifs is 1. The number of carbonyl (C=O) groups is 1. The van der Waals surface area contributed by atoms with E-state index in [4.69, 9.17) is 4.42 Å². The fourth-order valence-corrected chi connectivity index (χ4v) is 3.84. The number of hydrogen-bond acceptors (Lipinski definition) is 4. The van der Waals surface area contributed by atoms with Gasteiger partial charge in [-0.1, -0.05) is 24.3 Å². The molecular formula is C19H18N2O2S. The molecule has 1 unspecified atom stereocenters. The Balaban J connectivity index is 1.43. The van der Waals surface area contributed by atoms with E-state index in [0.717, 1.165) is 46.0 Å². The number of benzene rings is 1. The van der Waals surface area contributed by atoms with Crippen molar-refractivity contribution in [1.29, 1.82) is 0 Å². The lowest BCUT2D eigenvalue weighted by Crippen LogP contribution is -2.30. The molecule has 3 aromatic rings. The minimum Gasteiger partial charge on any atom is -0.457 e. The summed E-state index contributed by atoms with van der Waals surface area (Å²) in [6, 6.07) is 11.9. The van der Waals surface area contributed by atoms with Gasteiger partial charge in [-0.2, -0.15) is 0 Å². The highest BCUT2D eigenvalue weighted by Gasteiger charge is 2.18. The lowest BCUT2D eigenvalue weighted by Gasteiger charge is -2.16. The molecular weight excluding hydrogens is 320 g/mol. The molecule has 0 aliphatic heterocycles. The Morgan fingerprint density at radius 2 is 2.17 bits per heavy atom. The first-order valence-corrected chi connectivity index (χ1v) is 8.98. The van der Waals surface area contributed by atoms with E-state index in [9.17, 15) is 4.79 Å². The number of furan rings is 1. The van der Waals surface area contributed by atoms with Crippen LogP contribution in [-0.4, -0.2) is 10.9 Å². The Morgan fingerprint density at radius 3 is 3.00 bits per heavy atom. The van der Waals surface area contributed by atoms with Gasteiger partial charge in [-0.3, -0.25) is 4.79 Å². The van der Waals surface area contributed by atoms with E-state index in [2.05, 4.69) is 28.5 Å². The fourth-order valence-electron chi connectivity index (χ4n) is 2.92. The second kappa shape index (κ2) is 6.61. The predicted octanol–water partition coefficient (Wildman–Crippen LogP) is 4.53. The van der Waals surface area contributed by atoms with Crippen molar-refractivity contribution in [2.75, 3.05) is 0 Å². The van der Waals surface area contributed by atoms with E-state index in [0.29, 0.717) is 6.54 Å². The van der Waals surface area contributed by atoms with Crippen LogP contribution in [0.1, 0.15) is 25.0 Å². The van der Waals surface area contributed by atoms with E-state index in [1.54, 1.807) is 11.3 Å². The summed E-state index contributed by atoms with van der Waals surface area (Å²) in [5, 5.41) is 3.84. The molecule has 0 spiro atoms. The van der Waals surface area contributed by atoms with Gasteiger partial charge in [0.05, 0.1) is 16.8 Å². The summed E-state index contributed by atoms with van der Waals surface area (Å²) in [5.41, 5.74) is 0.981. The Kier molecular flexibility index (Phi) is 4.17. The van der Waals surface area contributed by atoms with Gasteiger partial charge in [-0.25, -0.2) is 4.98 Å². The van der Waals surface area contributed by atoms with Crippen LogP contribution in [0.15, 0.2) is 53.0 Å². The molecule has 122 valence electrons. The third kappa shape index (κ3) is 3.12. The molecule has 0 saturated heterocycles. The number of carbonyl (C=O) groups excluding carboxylic acids is 1. The van der Waals surface area contributed by atoms with Gasteiger partial charge < -0.3 is 9.73 Å². The second-order valence-electron chi connectivity index (χ2n) is 5.95. The summed E-state index contributed by atoms with van der Waals surface area (Å²) in [6.45, 7) is 0.421.